The molecule has 0 saturated carbocycles. The van der Waals surface area contributed by atoms with Crippen molar-refractivity contribution in [2.75, 3.05) is 78.6 Å². The van der Waals surface area contributed by atoms with E-state index < -0.39 is 0 Å². The Morgan fingerprint density at radius 1 is 0.724 bits per heavy atom. The molecule has 3 amide bonds. The Balaban J connectivity index is 0.887. The number of methoxy groups -OCH3 is 2. The lowest BCUT2D eigenvalue weighted by Gasteiger charge is -2.25. The van der Waals surface area contributed by atoms with Crippen LogP contribution in [0.2, 0.25) is 0 Å². The molecule has 2 atom stereocenters. The van der Waals surface area contributed by atoms with Gasteiger partial charge in [-0.05, 0) is 117 Å². The number of hydroxylamine groups is 1. The molecule has 3 N–H and O–H groups in total. The molecule has 4 aliphatic rings. The number of carbonyl (C=O) groups excluding carboxylic acids is 4. The lowest BCUT2D eigenvalue weighted by Crippen LogP contribution is -2.41. The quantitative estimate of drug-likeness (QED) is 0.0288. The number of para-hydroxylation sites is 2. The van der Waals surface area contributed by atoms with Gasteiger partial charge in [0.05, 0.1) is 55.4 Å². The van der Waals surface area contributed by atoms with Crippen molar-refractivity contribution < 1.29 is 43.0 Å². The number of amides is 3. The highest BCUT2D eigenvalue weighted by atomic mass is 33.1. The predicted octanol–water partition coefficient (Wildman–Crippen LogP) is 10.8. The van der Waals surface area contributed by atoms with E-state index in [9.17, 15) is 19.2 Å². The number of hydrogen-bond donors (Lipinski definition) is 3. The zero-order valence-corrected chi connectivity index (χ0v) is 46.1. The van der Waals surface area contributed by atoms with Gasteiger partial charge in [0.2, 0.25) is 5.91 Å². The number of unbranched alkanes of at least 4 members (excludes halogenated alkanes) is 1. The van der Waals surface area contributed by atoms with Crippen LogP contribution in [0.5, 0.6) is 23.0 Å². The Morgan fingerprint density at radius 3 is 2.03 bits per heavy atom. The van der Waals surface area contributed by atoms with Crippen LogP contribution in [0.4, 0.5) is 28.4 Å². The summed E-state index contributed by atoms with van der Waals surface area (Å²) < 4.78 is 24.6. The highest BCUT2D eigenvalue weighted by molar-refractivity contribution is 8.77. The predicted molar refractivity (Wildman–Crippen MR) is 304 cm³/mol. The molecule has 0 saturated heterocycles. The monoisotopic (exact) mass is 1070 g/mol. The van der Waals surface area contributed by atoms with Crippen LogP contribution in [0.15, 0.2) is 91.0 Å². The molecule has 15 nitrogen and oxygen atoms in total. The number of benzene rings is 5. The molecule has 17 heteroatoms. The molecule has 4 aliphatic heterocycles. The summed E-state index contributed by atoms with van der Waals surface area (Å²) in [6.07, 6.45) is 6.15. The molecule has 0 radical (unpaired) electrons. The first-order chi connectivity index (χ1) is 36.8. The molecule has 0 fully saturated rings. The minimum Gasteiger partial charge on any atom is -0.493 e. The average Bonchev–Trinajstić information content (AvgIpc) is 3.92. The molecule has 0 spiro atoms. The molecule has 76 heavy (non-hydrogen) atoms. The van der Waals surface area contributed by atoms with Gasteiger partial charge in [0, 0.05) is 85.6 Å². The molecule has 4 heterocycles. The number of nitrogens with zero attached hydrogens (tertiary/aromatic N) is 3. The van der Waals surface area contributed by atoms with E-state index in [0.29, 0.717) is 90.9 Å². The molecule has 402 valence electrons. The fraction of sp³-hybridized carbons (Fsp3) is 0.424. The molecule has 0 aliphatic carbocycles. The molecule has 0 bridgehead atoms. The number of carbonyl (C=O) groups is 4. The second kappa shape index (κ2) is 24.7. The first-order valence-corrected chi connectivity index (χ1v) is 28.7. The summed E-state index contributed by atoms with van der Waals surface area (Å²) in [5.41, 5.74) is 11.6. The Labute approximate surface area is 454 Å². The van der Waals surface area contributed by atoms with Gasteiger partial charge in [-0.15, -0.1) is 0 Å². The zero-order chi connectivity index (χ0) is 53.3. The third-order valence-electron chi connectivity index (χ3n) is 14.3. The maximum atomic E-state index is 14.3. The van der Waals surface area contributed by atoms with Crippen LogP contribution in [-0.4, -0.2) is 93.6 Å². The van der Waals surface area contributed by atoms with Crippen molar-refractivity contribution >= 4 is 73.5 Å². The number of anilines is 5. The second-order valence-corrected chi connectivity index (χ2v) is 23.6. The van der Waals surface area contributed by atoms with Gasteiger partial charge in [-0.3, -0.25) is 19.2 Å². The van der Waals surface area contributed by atoms with Crippen LogP contribution in [0, 0.1) is 0 Å². The van der Waals surface area contributed by atoms with Gasteiger partial charge in [-0.2, -0.15) is 0 Å². The lowest BCUT2D eigenvalue weighted by atomic mass is 10.1. The van der Waals surface area contributed by atoms with Crippen LogP contribution in [-0.2, 0) is 40.5 Å². The van der Waals surface area contributed by atoms with Crippen LogP contribution in [0.3, 0.4) is 0 Å². The van der Waals surface area contributed by atoms with E-state index in [1.54, 1.807) is 47.9 Å². The summed E-state index contributed by atoms with van der Waals surface area (Å²) in [6.45, 7) is 9.07. The minimum atomic E-state index is -0.188. The second-order valence-electron chi connectivity index (χ2n) is 20.4. The Hall–Kier alpha value is -6.40. The van der Waals surface area contributed by atoms with Gasteiger partial charge in [0.25, 0.3) is 11.8 Å². The number of hydrogen-bond acceptors (Lipinski definition) is 14. The van der Waals surface area contributed by atoms with Crippen molar-refractivity contribution in [2.45, 2.75) is 109 Å². The molecule has 5 aromatic rings. The molecular formula is C59H70N6O9S2. The van der Waals surface area contributed by atoms with Crippen LogP contribution in [0.25, 0.3) is 0 Å². The number of nitrogens with one attached hydrogen (secondary N) is 3. The normalized spacial score (nSPS) is 16.3. The third kappa shape index (κ3) is 12.7. The molecule has 9 rings (SSSR count). The number of rotatable bonds is 25. The van der Waals surface area contributed by atoms with Crippen molar-refractivity contribution in [1.82, 2.24) is 5.48 Å². The van der Waals surface area contributed by atoms with Gasteiger partial charge in [-0.1, -0.05) is 64.9 Å². The van der Waals surface area contributed by atoms with Crippen molar-refractivity contribution in [2.24, 2.45) is 0 Å². The minimum absolute atomic E-state index is 0.0108. The fourth-order valence-electron chi connectivity index (χ4n) is 10.5. The topological polar surface area (TPSA) is 160 Å². The van der Waals surface area contributed by atoms with E-state index in [0.717, 1.165) is 83.7 Å². The summed E-state index contributed by atoms with van der Waals surface area (Å²) in [5, 5.41) is 6.67. The van der Waals surface area contributed by atoms with Crippen LogP contribution >= 0.6 is 21.6 Å². The fourth-order valence-corrected chi connectivity index (χ4v) is 13.1. The number of Topliss-reactive ketones (excluding diaryl/α,β-unsaturated/α-hetero) is 1. The standard InChI is InChI=1S/C59H70N6O9S2/c1-7-61-74-23-13-12-17-45(66)18-14-24-75-76-59(2,3)22-21-56(67)62-42-26-38(36-72-54-32-48-46(30-52(54)70-5)57(68)64-43(34-60-48)28-40-15-8-10-19-49(40)64)25-39(27-42)37-73-55-33-51-47(31-53(55)71-6)58(69)65-44(35-63(51)4)29-41-16-9-11-20-50(41)65/h8-11,15-16,19-20,25-27,30-33,43-44,60-61H,7,12-14,17-18,21-24,28-29,34-37H2,1-6H3,(H,62,67)/t43-,44-/m0/s1. The van der Waals surface area contributed by atoms with E-state index in [4.69, 9.17) is 23.8 Å². The SMILES string of the molecule is CCNOCCCCC(=O)CCCSSC(C)(C)CCC(=O)Nc1cc(COc2cc3c(cc2OC)C(=O)N2c4ccccc4C[C@H]2CN3)cc(COc2cc3c(cc2OC)C(=O)N2c4ccccc4C[C@H]2CN3C)c1. The smallest absolute Gasteiger partial charge is 0.260 e. The van der Waals surface area contributed by atoms with Crippen molar-refractivity contribution in [3.63, 3.8) is 0 Å². The first-order valence-electron chi connectivity index (χ1n) is 26.4. The highest BCUT2D eigenvalue weighted by Gasteiger charge is 2.40. The maximum absolute atomic E-state index is 14.3. The Kier molecular flexibility index (Phi) is 17.7. The first kappa shape index (κ1) is 54.4. The summed E-state index contributed by atoms with van der Waals surface area (Å²) >= 11 is 0. The number of ketones is 1. The van der Waals surface area contributed by atoms with Crippen molar-refractivity contribution in [3.8, 4) is 23.0 Å². The molecular weight excluding hydrogens is 1000 g/mol. The summed E-state index contributed by atoms with van der Waals surface area (Å²) in [5.74, 6) is 2.62. The third-order valence-corrected chi connectivity index (χ3v) is 17.7. The Bertz CT molecular complexity index is 2930. The van der Waals surface area contributed by atoms with Gasteiger partial charge in [-0.25, -0.2) is 5.48 Å². The Morgan fingerprint density at radius 2 is 1.34 bits per heavy atom. The van der Waals surface area contributed by atoms with E-state index in [2.05, 4.69) is 47.0 Å². The van der Waals surface area contributed by atoms with E-state index >= 15 is 0 Å². The largest absolute Gasteiger partial charge is 0.493 e. The van der Waals surface area contributed by atoms with Gasteiger partial charge >= 0.3 is 0 Å². The van der Waals surface area contributed by atoms with Crippen molar-refractivity contribution in [3.05, 3.63) is 124 Å². The van der Waals surface area contributed by atoms with Crippen LogP contribution < -0.4 is 49.8 Å². The lowest BCUT2D eigenvalue weighted by molar-refractivity contribution is -0.119. The summed E-state index contributed by atoms with van der Waals surface area (Å²) in [4.78, 5) is 65.8. The average molecular weight is 1070 g/mol. The van der Waals surface area contributed by atoms with E-state index in [1.165, 1.54) is 0 Å². The van der Waals surface area contributed by atoms with E-state index in [-0.39, 0.29) is 53.5 Å². The van der Waals surface area contributed by atoms with Gasteiger partial charge < -0.3 is 49.1 Å². The summed E-state index contributed by atoms with van der Waals surface area (Å²) in [7, 11) is 8.62. The molecule has 5 aromatic carbocycles. The van der Waals surface area contributed by atoms with Gasteiger partial charge in [0.1, 0.15) is 19.0 Å². The maximum Gasteiger partial charge on any atom is 0.260 e. The number of fused-ring (bicyclic) bond motifs is 8. The highest BCUT2D eigenvalue weighted by Crippen LogP contribution is 2.44. The van der Waals surface area contributed by atoms with Gasteiger partial charge in [0.15, 0.2) is 23.0 Å². The molecule has 0 aromatic heterocycles. The zero-order valence-electron chi connectivity index (χ0n) is 44.5. The number of ether oxygens (including phenoxy) is 4. The number of likely N-dealkylation sites (N-methyl/N-ethyl adjacent to an activating group) is 1. The molecule has 0 unspecified atom stereocenters. The van der Waals surface area contributed by atoms with Crippen LogP contribution in [0.1, 0.15) is 109 Å². The van der Waals surface area contributed by atoms with E-state index in [1.807, 2.05) is 90.5 Å². The van der Waals surface area contributed by atoms with Crippen molar-refractivity contribution in [1.29, 1.82) is 0 Å². The summed E-state index contributed by atoms with van der Waals surface area (Å²) in [6, 6.07) is 29.1.